The highest BCUT2D eigenvalue weighted by molar-refractivity contribution is 5.86. The molecular formula is C18H35F2N3O8. The minimum atomic E-state index is -1.62. The van der Waals surface area contributed by atoms with Gasteiger partial charge in [0.15, 0.2) is 0 Å². The highest BCUT2D eigenvalue weighted by Gasteiger charge is 2.37. The van der Waals surface area contributed by atoms with E-state index < -0.39 is 73.5 Å². The van der Waals surface area contributed by atoms with Crippen LogP contribution < -0.4 is 10.6 Å². The van der Waals surface area contributed by atoms with Crippen LogP contribution in [0.4, 0.5) is 9.05 Å². The van der Waals surface area contributed by atoms with Gasteiger partial charge in [-0.05, 0) is 29.6 Å². The summed E-state index contributed by atoms with van der Waals surface area (Å²) in [6.45, 7) is 7.42. The fourth-order valence-corrected chi connectivity index (χ4v) is 1.62. The summed E-state index contributed by atoms with van der Waals surface area (Å²) >= 11 is 0. The Morgan fingerprint density at radius 3 is 1.42 bits per heavy atom. The predicted octanol–water partition coefficient (Wildman–Crippen LogP) is -1.02. The standard InChI is InChI=1S/C9H17F2NO4.C9H18N2O4/c1-8(2,3)7(14)12-9(4-13,5-15-10)6-16-11;1-8(2,10-3)7(15)11-9(4-12,5-13)6-14/h13H,4-6H2,1-3H3,(H,12,14);12-14H,3-6H2,1-2H3,(H,11,15). The van der Waals surface area contributed by atoms with Gasteiger partial charge in [-0.1, -0.05) is 20.8 Å². The van der Waals surface area contributed by atoms with Crippen LogP contribution in [0.1, 0.15) is 34.6 Å². The topological polar surface area (TPSA) is 170 Å². The summed E-state index contributed by atoms with van der Waals surface area (Å²) < 4.78 is 23.6. The number of hydrogen-bond acceptors (Lipinski definition) is 9. The molecule has 0 saturated carbocycles. The number of carbonyl (C=O) groups excluding carboxylic acids is 2. The molecule has 0 aromatic heterocycles. The molecule has 0 aliphatic heterocycles. The molecule has 0 heterocycles. The molecular weight excluding hydrogens is 424 g/mol. The molecule has 31 heavy (non-hydrogen) atoms. The summed E-state index contributed by atoms with van der Waals surface area (Å²) in [7, 11) is 0. The molecule has 2 amide bonds. The van der Waals surface area contributed by atoms with Crippen LogP contribution in [-0.4, -0.2) is 95.2 Å². The molecule has 0 saturated heterocycles. The quantitative estimate of drug-likeness (QED) is 0.201. The number of aliphatic imine (C=N–C) groups is 1. The molecule has 0 rings (SSSR count). The lowest BCUT2D eigenvalue weighted by Crippen LogP contribution is -2.60. The Morgan fingerprint density at radius 1 is 0.806 bits per heavy atom. The largest absolute Gasteiger partial charge is 0.394 e. The van der Waals surface area contributed by atoms with Crippen LogP contribution in [-0.2, 0) is 19.5 Å². The number of halogens is 2. The van der Waals surface area contributed by atoms with Crippen molar-refractivity contribution in [2.75, 3.05) is 39.6 Å². The van der Waals surface area contributed by atoms with Crippen LogP contribution in [0.15, 0.2) is 4.99 Å². The number of carbonyl (C=O) groups is 2. The van der Waals surface area contributed by atoms with Gasteiger partial charge in [-0.3, -0.25) is 14.6 Å². The molecule has 184 valence electrons. The molecule has 0 aromatic rings. The van der Waals surface area contributed by atoms with Gasteiger partial charge < -0.3 is 31.1 Å². The second kappa shape index (κ2) is 13.6. The Morgan fingerprint density at radius 2 is 1.16 bits per heavy atom. The number of nitrogens with zero attached hydrogens (tertiary/aromatic N) is 1. The third kappa shape index (κ3) is 10.4. The van der Waals surface area contributed by atoms with E-state index in [1.165, 1.54) is 13.8 Å². The molecule has 11 nitrogen and oxygen atoms in total. The van der Waals surface area contributed by atoms with Crippen molar-refractivity contribution in [2.45, 2.75) is 51.2 Å². The van der Waals surface area contributed by atoms with Crippen LogP contribution in [0.3, 0.4) is 0 Å². The van der Waals surface area contributed by atoms with E-state index >= 15 is 0 Å². The van der Waals surface area contributed by atoms with Crippen molar-refractivity contribution in [3.63, 3.8) is 0 Å². The molecule has 13 heteroatoms. The van der Waals surface area contributed by atoms with Crippen LogP contribution in [0.2, 0.25) is 0 Å². The van der Waals surface area contributed by atoms with Crippen molar-refractivity contribution in [3.8, 4) is 0 Å². The average Bonchev–Trinajstić information content (AvgIpc) is 2.72. The van der Waals surface area contributed by atoms with Gasteiger partial charge in [-0.25, -0.2) is 0 Å². The first kappa shape index (κ1) is 31.4. The van der Waals surface area contributed by atoms with Gasteiger partial charge in [0.1, 0.15) is 29.8 Å². The van der Waals surface area contributed by atoms with Crippen LogP contribution in [0, 0.1) is 5.41 Å². The Bertz CT molecular complexity index is 552. The van der Waals surface area contributed by atoms with E-state index in [1.54, 1.807) is 20.8 Å². The van der Waals surface area contributed by atoms with Crippen molar-refractivity contribution < 1.29 is 49.0 Å². The average molecular weight is 459 g/mol. The molecule has 0 fully saturated rings. The first-order valence-corrected chi connectivity index (χ1v) is 9.22. The maximum Gasteiger partial charge on any atom is 0.247 e. The molecule has 0 unspecified atom stereocenters. The van der Waals surface area contributed by atoms with Crippen LogP contribution in [0.25, 0.3) is 0 Å². The molecule has 0 aliphatic carbocycles. The summed E-state index contributed by atoms with van der Waals surface area (Å²) in [5, 5.41) is 40.6. The van der Waals surface area contributed by atoms with E-state index in [2.05, 4.69) is 32.2 Å². The SMILES string of the molecule is C=NC(C)(C)C(=O)NC(CO)(CO)CO.CC(C)(C)C(=O)NC(CO)(COF)COF. The number of hydrogen-bond donors (Lipinski definition) is 6. The lowest BCUT2D eigenvalue weighted by atomic mass is 9.93. The van der Waals surface area contributed by atoms with Crippen molar-refractivity contribution in [1.82, 2.24) is 10.6 Å². The molecule has 6 N–H and O–H groups in total. The maximum atomic E-state index is 11.8. The fraction of sp³-hybridized carbons (Fsp3) is 0.833. The Balaban J connectivity index is 0. The van der Waals surface area contributed by atoms with Gasteiger partial charge in [-0.2, -0.15) is 9.88 Å². The molecule has 0 atom stereocenters. The predicted molar refractivity (Wildman–Crippen MR) is 107 cm³/mol. The summed E-state index contributed by atoms with van der Waals surface area (Å²) in [6.07, 6.45) is 0. The van der Waals surface area contributed by atoms with Crippen LogP contribution in [0.5, 0.6) is 0 Å². The van der Waals surface area contributed by atoms with E-state index in [0.717, 1.165) is 0 Å². The van der Waals surface area contributed by atoms with Crippen molar-refractivity contribution in [3.05, 3.63) is 0 Å². The summed E-state index contributed by atoms with van der Waals surface area (Å²) in [4.78, 5) is 33.5. The number of rotatable bonds is 12. The van der Waals surface area contributed by atoms with Crippen LogP contribution >= 0.6 is 0 Å². The van der Waals surface area contributed by atoms with Gasteiger partial charge in [-0.15, -0.1) is 0 Å². The van der Waals surface area contributed by atoms with Gasteiger partial charge in [0.2, 0.25) is 11.8 Å². The first-order valence-electron chi connectivity index (χ1n) is 9.22. The molecule has 0 spiro atoms. The molecule has 0 radical (unpaired) electrons. The summed E-state index contributed by atoms with van der Waals surface area (Å²) in [6, 6.07) is 0. The van der Waals surface area contributed by atoms with Gasteiger partial charge >= 0.3 is 0 Å². The summed E-state index contributed by atoms with van der Waals surface area (Å²) in [5.74, 6) is -0.995. The van der Waals surface area contributed by atoms with Gasteiger partial charge in [0.25, 0.3) is 0 Å². The Labute approximate surface area is 180 Å². The number of aliphatic hydroxyl groups excluding tert-OH is 4. The third-order valence-corrected chi connectivity index (χ3v) is 4.26. The van der Waals surface area contributed by atoms with E-state index in [1.807, 2.05) is 0 Å². The molecule has 0 aromatic carbocycles. The van der Waals surface area contributed by atoms with E-state index in [9.17, 15) is 18.6 Å². The second-order valence-electron chi connectivity index (χ2n) is 8.58. The zero-order valence-electron chi connectivity index (χ0n) is 18.6. The lowest BCUT2D eigenvalue weighted by Gasteiger charge is -2.32. The second-order valence-corrected chi connectivity index (χ2v) is 8.58. The van der Waals surface area contributed by atoms with Crippen molar-refractivity contribution >= 4 is 18.5 Å². The zero-order valence-corrected chi connectivity index (χ0v) is 18.6. The Hall–Kier alpha value is -1.77. The third-order valence-electron chi connectivity index (χ3n) is 4.26. The Kier molecular flexibility index (Phi) is 13.8. The molecule has 0 aliphatic rings. The minimum absolute atomic E-state index is 0.476. The highest BCUT2D eigenvalue weighted by Crippen LogP contribution is 2.16. The number of nitrogens with one attached hydrogen (secondary N) is 2. The van der Waals surface area contributed by atoms with E-state index in [0.29, 0.717) is 0 Å². The number of amides is 2. The van der Waals surface area contributed by atoms with E-state index in [4.69, 9.17) is 20.4 Å². The van der Waals surface area contributed by atoms with Gasteiger partial charge in [0.05, 0.1) is 26.4 Å². The smallest absolute Gasteiger partial charge is 0.247 e. The number of aliphatic hydroxyl groups is 4. The van der Waals surface area contributed by atoms with Crippen molar-refractivity contribution in [2.24, 2.45) is 10.4 Å². The highest BCUT2D eigenvalue weighted by atomic mass is 19.3. The monoisotopic (exact) mass is 459 g/mol. The zero-order chi connectivity index (χ0) is 24.9. The van der Waals surface area contributed by atoms with Crippen molar-refractivity contribution in [1.29, 1.82) is 0 Å². The first-order chi connectivity index (χ1) is 14.2. The molecule has 0 bridgehead atoms. The van der Waals surface area contributed by atoms with Gasteiger partial charge in [0, 0.05) is 5.41 Å². The van der Waals surface area contributed by atoms with E-state index in [-0.39, 0.29) is 0 Å². The lowest BCUT2D eigenvalue weighted by molar-refractivity contribution is -0.202. The minimum Gasteiger partial charge on any atom is -0.394 e. The maximum absolute atomic E-state index is 11.8. The summed E-state index contributed by atoms with van der Waals surface area (Å²) in [5.41, 5.74) is -4.86. The fourth-order valence-electron chi connectivity index (χ4n) is 1.62. The normalized spacial score (nSPS) is 12.5.